The van der Waals surface area contributed by atoms with Gasteiger partial charge < -0.3 is 14.7 Å². The van der Waals surface area contributed by atoms with Crippen LogP contribution in [0.15, 0.2) is 12.1 Å². The first kappa shape index (κ1) is 17.6. The monoisotopic (exact) mass is 337 g/mol. The molecular formula is C19H29F2N3. The smallest absolute Gasteiger partial charge is 0.149 e. The Balaban J connectivity index is 1.53. The average molecular weight is 337 g/mol. The van der Waals surface area contributed by atoms with Gasteiger partial charge in [0.05, 0.1) is 0 Å². The van der Waals surface area contributed by atoms with Gasteiger partial charge in [0.1, 0.15) is 17.3 Å². The summed E-state index contributed by atoms with van der Waals surface area (Å²) < 4.78 is 28.9. The molecule has 0 radical (unpaired) electrons. The standard InChI is InChI=1S/C19H29F2N3/c1-22-10-12-24(13-11-22)19-17(20)14-16(15-18(19)21)6-2-3-7-23-8-4-5-9-23/h14-15H,2-13H2,1H3. The molecular weight excluding hydrogens is 308 g/mol. The van der Waals surface area contributed by atoms with Crippen LogP contribution in [0.5, 0.6) is 0 Å². The molecule has 2 heterocycles. The first-order valence-corrected chi connectivity index (χ1v) is 9.27. The molecule has 2 aliphatic rings. The molecule has 0 atom stereocenters. The molecule has 134 valence electrons. The summed E-state index contributed by atoms with van der Waals surface area (Å²) in [5.41, 5.74) is 0.938. The molecule has 2 aliphatic heterocycles. The van der Waals surface area contributed by atoms with Crippen LogP contribution >= 0.6 is 0 Å². The van der Waals surface area contributed by atoms with E-state index < -0.39 is 11.6 Å². The first-order valence-electron chi connectivity index (χ1n) is 9.27. The van der Waals surface area contributed by atoms with Crippen LogP contribution < -0.4 is 4.90 Å². The Bertz CT molecular complexity index is 512. The Hall–Kier alpha value is -1.20. The van der Waals surface area contributed by atoms with Crippen molar-refractivity contribution in [2.24, 2.45) is 0 Å². The van der Waals surface area contributed by atoms with E-state index in [2.05, 4.69) is 9.80 Å². The van der Waals surface area contributed by atoms with Crippen molar-refractivity contribution in [2.75, 3.05) is 57.8 Å². The van der Waals surface area contributed by atoms with E-state index in [9.17, 15) is 8.78 Å². The number of nitrogens with zero attached hydrogens (tertiary/aromatic N) is 3. The van der Waals surface area contributed by atoms with Gasteiger partial charge in [-0.05, 0) is 76.5 Å². The van der Waals surface area contributed by atoms with Crippen LogP contribution in [0.4, 0.5) is 14.5 Å². The molecule has 0 unspecified atom stereocenters. The number of likely N-dealkylation sites (tertiary alicyclic amines) is 1. The van der Waals surface area contributed by atoms with E-state index in [0.29, 0.717) is 13.1 Å². The summed E-state index contributed by atoms with van der Waals surface area (Å²) in [4.78, 5) is 6.50. The van der Waals surface area contributed by atoms with Crippen molar-refractivity contribution in [1.82, 2.24) is 9.80 Å². The van der Waals surface area contributed by atoms with Crippen LogP contribution in [0, 0.1) is 11.6 Å². The zero-order valence-corrected chi connectivity index (χ0v) is 14.7. The van der Waals surface area contributed by atoms with Crippen molar-refractivity contribution >= 4 is 5.69 Å². The van der Waals surface area contributed by atoms with Gasteiger partial charge in [0.15, 0.2) is 0 Å². The van der Waals surface area contributed by atoms with Gasteiger partial charge in [-0.25, -0.2) is 8.78 Å². The van der Waals surface area contributed by atoms with Gasteiger partial charge in [-0.2, -0.15) is 0 Å². The Morgan fingerprint density at radius 3 is 2.12 bits per heavy atom. The Morgan fingerprint density at radius 1 is 0.875 bits per heavy atom. The van der Waals surface area contributed by atoms with Gasteiger partial charge in [-0.15, -0.1) is 0 Å². The zero-order valence-electron chi connectivity index (χ0n) is 14.7. The quantitative estimate of drug-likeness (QED) is 0.739. The summed E-state index contributed by atoms with van der Waals surface area (Å²) in [6.07, 6.45) is 5.46. The minimum Gasteiger partial charge on any atom is -0.364 e. The molecule has 0 aliphatic carbocycles. The minimum absolute atomic E-state index is 0.156. The molecule has 2 fully saturated rings. The van der Waals surface area contributed by atoms with Crippen LogP contribution in [-0.4, -0.2) is 62.7 Å². The van der Waals surface area contributed by atoms with Gasteiger partial charge in [-0.3, -0.25) is 0 Å². The molecule has 5 heteroatoms. The Labute approximate surface area is 144 Å². The number of hydrogen-bond acceptors (Lipinski definition) is 3. The molecule has 0 bridgehead atoms. The zero-order chi connectivity index (χ0) is 16.9. The first-order chi connectivity index (χ1) is 11.6. The van der Waals surface area contributed by atoms with Crippen molar-refractivity contribution in [3.63, 3.8) is 0 Å². The van der Waals surface area contributed by atoms with E-state index >= 15 is 0 Å². The maximum Gasteiger partial charge on any atom is 0.149 e. The summed E-state index contributed by atoms with van der Waals surface area (Å²) in [6, 6.07) is 3.07. The van der Waals surface area contributed by atoms with E-state index in [0.717, 1.165) is 44.5 Å². The van der Waals surface area contributed by atoms with Gasteiger partial charge in [0.25, 0.3) is 0 Å². The Kier molecular flexibility index (Phi) is 6.06. The number of hydrogen-bond donors (Lipinski definition) is 0. The molecule has 0 saturated carbocycles. The maximum absolute atomic E-state index is 14.4. The second kappa shape index (κ2) is 8.26. The molecule has 3 rings (SSSR count). The third kappa shape index (κ3) is 4.45. The van der Waals surface area contributed by atoms with Crippen LogP contribution in [0.25, 0.3) is 0 Å². The predicted octanol–water partition coefficient (Wildman–Crippen LogP) is 3.14. The highest BCUT2D eigenvalue weighted by Crippen LogP contribution is 2.26. The third-order valence-electron chi connectivity index (χ3n) is 5.28. The lowest BCUT2D eigenvalue weighted by Gasteiger charge is -2.34. The highest BCUT2D eigenvalue weighted by molar-refractivity contribution is 5.51. The molecule has 0 amide bonds. The number of unbranched alkanes of at least 4 members (excludes halogenated alkanes) is 1. The largest absolute Gasteiger partial charge is 0.364 e. The van der Waals surface area contributed by atoms with Crippen molar-refractivity contribution < 1.29 is 8.78 Å². The van der Waals surface area contributed by atoms with Gasteiger partial charge in [0.2, 0.25) is 0 Å². The molecule has 24 heavy (non-hydrogen) atoms. The second-order valence-electron chi connectivity index (χ2n) is 7.20. The van der Waals surface area contributed by atoms with Crippen molar-refractivity contribution in [3.8, 4) is 0 Å². The highest BCUT2D eigenvalue weighted by atomic mass is 19.1. The van der Waals surface area contributed by atoms with Gasteiger partial charge in [-0.1, -0.05) is 0 Å². The number of piperazine rings is 1. The number of anilines is 1. The molecule has 1 aromatic carbocycles. The maximum atomic E-state index is 14.4. The fourth-order valence-corrected chi connectivity index (χ4v) is 3.77. The van der Waals surface area contributed by atoms with Gasteiger partial charge >= 0.3 is 0 Å². The SMILES string of the molecule is CN1CCN(c2c(F)cc(CCCCN3CCCC3)cc2F)CC1. The second-order valence-corrected chi connectivity index (χ2v) is 7.20. The summed E-state index contributed by atoms with van der Waals surface area (Å²) in [7, 11) is 2.04. The van der Waals surface area contributed by atoms with Crippen LogP contribution in [0.2, 0.25) is 0 Å². The van der Waals surface area contributed by atoms with Crippen molar-refractivity contribution in [3.05, 3.63) is 29.3 Å². The predicted molar refractivity (Wildman–Crippen MR) is 94.7 cm³/mol. The highest BCUT2D eigenvalue weighted by Gasteiger charge is 2.21. The molecule has 1 aromatic rings. The number of rotatable bonds is 6. The molecule has 0 spiro atoms. The van der Waals surface area contributed by atoms with E-state index in [4.69, 9.17) is 0 Å². The summed E-state index contributed by atoms with van der Waals surface area (Å²) >= 11 is 0. The van der Waals surface area contributed by atoms with E-state index in [1.807, 2.05) is 11.9 Å². The van der Waals surface area contributed by atoms with E-state index in [-0.39, 0.29) is 5.69 Å². The fraction of sp³-hybridized carbons (Fsp3) is 0.684. The summed E-state index contributed by atoms with van der Waals surface area (Å²) in [5.74, 6) is -0.816. The number of aryl methyl sites for hydroxylation is 1. The Morgan fingerprint density at radius 2 is 1.50 bits per heavy atom. The lowest BCUT2D eigenvalue weighted by Crippen LogP contribution is -2.45. The van der Waals surface area contributed by atoms with Crippen molar-refractivity contribution in [1.29, 1.82) is 0 Å². The number of likely N-dealkylation sites (N-methyl/N-ethyl adjacent to an activating group) is 1. The lowest BCUT2D eigenvalue weighted by atomic mass is 10.1. The van der Waals surface area contributed by atoms with Gasteiger partial charge in [0, 0.05) is 26.2 Å². The fourth-order valence-electron chi connectivity index (χ4n) is 3.77. The van der Waals surface area contributed by atoms with E-state index in [1.165, 1.54) is 38.1 Å². The van der Waals surface area contributed by atoms with Crippen LogP contribution in [0.3, 0.4) is 0 Å². The van der Waals surface area contributed by atoms with Crippen LogP contribution in [0.1, 0.15) is 31.2 Å². The summed E-state index contributed by atoms with van der Waals surface area (Å²) in [6.45, 7) is 6.59. The normalized spacial score (nSPS) is 20.0. The van der Waals surface area contributed by atoms with Crippen molar-refractivity contribution in [2.45, 2.75) is 32.1 Å². The third-order valence-corrected chi connectivity index (χ3v) is 5.28. The minimum atomic E-state index is -0.408. The van der Waals surface area contributed by atoms with E-state index in [1.54, 1.807) is 0 Å². The average Bonchev–Trinajstić information content (AvgIpc) is 3.06. The number of benzene rings is 1. The molecule has 2 saturated heterocycles. The summed E-state index contributed by atoms with van der Waals surface area (Å²) in [5, 5.41) is 0. The van der Waals surface area contributed by atoms with Crippen LogP contribution in [-0.2, 0) is 6.42 Å². The number of halogens is 2. The molecule has 0 aromatic heterocycles. The molecule has 0 N–H and O–H groups in total. The topological polar surface area (TPSA) is 9.72 Å². The lowest BCUT2D eigenvalue weighted by molar-refractivity contribution is 0.310. The molecule has 3 nitrogen and oxygen atoms in total.